The van der Waals surface area contributed by atoms with Gasteiger partial charge in [-0.2, -0.15) is 0 Å². The first-order chi connectivity index (χ1) is 5.77. The molecule has 0 saturated carbocycles. The molecule has 9 heteroatoms. The Hall–Kier alpha value is -1.93. The molecular weight excluding hydrogens is 166 g/mol. The first kappa shape index (κ1) is 10.1. The largest absolute Gasteiger partial charge is 0.381 e. The lowest BCUT2D eigenvalue weighted by molar-refractivity contribution is -0.119. The fourth-order valence-electron chi connectivity index (χ4n) is 0.201. The van der Waals surface area contributed by atoms with Crippen molar-refractivity contribution in [2.45, 2.75) is 6.92 Å². The van der Waals surface area contributed by atoms with E-state index in [1.54, 1.807) is 0 Å². The molecule has 0 saturated heterocycles. The number of carbonyl (C=O) groups excluding carboxylic acids is 1. The summed E-state index contributed by atoms with van der Waals surface area (Å²) in [5.41, 5.74) is 2.00. The monoisotopic (exact) mass is 173 g/mol. The van der Waals surface area contributed by atoms with Gasteiger partial charge < -0.3 is 4.84 Å². The highest BCUT2D eigenvalue weighted by Gasteiger charge is 1.81. The first-order valence-electron chi connectivity index (χ1n) is 2.77. The van der Waals surface area contributed by atoms with Crippen LogP contribution in [0.4, 0.5) is 0 Å². The lowest BCUT2D eigenvalue weighted by Crippen LogP contribution is -2.10. The second kappa shape index (κ2) is 7.18. The molecular formula is C3H7N7O2. The molecule has 0 aliphatic carbocycles. The lowest BCUT2D eigenvalue weighted by atomic mass is 10.8. The number of nitrogens with zero attached hydrogens (tertiary/aromatic N) is 6. The van der Waals surface area contributed by atoms with Gasteiger partial charge in [0, 0.05) is 22.6 Å². The minimum absolute atomic E-state index is 0.354. The fourth-order valence-corrected chi connectivity index (χ4v) is 0.201. The van der Waals surface area contributed by atoms with Crippen LogP contribution in [-0.4, -0.2) is 13.0 Å². The van der Waals surface area contributed by atoms with Crippen molar-refractivity contribution in [3.63, 3.8) is 0 Å². The predicted molar refractivity (Wildman–Crippen MR) is 35.4 cm³/mol. The SMILES string of the molecule is CON=NN=NN=NNC(C)=O. The summed E-state index contributed by atoms with van der Waals surface area (Å²) in [6.07, 6.45) is 0. The zero-order chi connectivity index (χ0) is 9.23. The van der Waals surface area contributed by atoms with Gasteiger partial charge in [-0.25, -0.2) is 5.43 Å². The van der Waals surface area contributed by atoms with Crippen LogP contribution in [0.2, 0.25) is 0 Å². The highest BCUT2D eigenvalue weighted by Crippen LogP contribution is 1.81. The second-order valence-corrected chi connectivity index (χ2v) is 1.39. The van der Waals surface area contributed by atoms with Crippen molar-refractivity contribution in [1.29, 1.82) is 0 Å². The van der Waals surface area contributed by atoms with Gasteiger partial charge in [0.05, 0.1) is 0 Å². The Labute approximate surface area is 67.5 Å². The van der Waals surface area contributed by atoms with Crippen LogP contribution in [0.1, 0.15) is 6.92 Å². The van der Waals surface area contributed by atoms with Crippen LogP contribution in [0.5, 0.6) is 0 Å². The van der Waals surface area contributed by atoms with E-state index in [0.29, 0.717) is 0 Å². The Balaban J connectivity index is 3.52. The molecule has 0 aromatic carbocycles. The van der Waals surface area contributed by atoms with Gasteiger partial charge in [0.15, 0.2) is 0 Å². The van der Waals surface area contributed by atoms with Crippen molar-refractivity contribution in [2.24, 2.45) is 31.4 Å². The number of amides is 1. The molecule has 0 aliphatic heterocycles. The van der Waals surface area contributed by atoms with Gasteiger partial charge in [-0.1, -0.05) is 0 Å². The average Bonchev–Trinajstić information content (AvgIpc) is 2.02. The summed E-state index contributed by atoms with van der Waals surface area (Å²) in [6, 6.07) is 0. The van der Waals surface area contributed by atoms with Crippen molar-refractivity contribution in [1.82, 2.24) is 5.43 Å². The van der Waals surface area contributed by atoms with E-state index in [9.17, 15) is 4.79 Å². The summed E-state index contributed by atoms with van der Waals surface area (Å²) in [6.45, 7) is 1.28. The van der Waals surface area contributed by atoms with Gasteiger partial charge in [-0.3, -0.25) is 4.79 Å². The topological polar surface area (TPSA) is 112 Å². The molecule has 9 nitrogen and oxygen atoms in total. The Kier molecular flexibility index (Phi) is 6.03. The van der Waals surface area contributed by atoms with Crippen LogP contribution >= 0.6 is 0 Å². The quantitative estimate of drug-likeness (QED) is 0.500. The average molecular weight is 173 g/mol. The maximum atomic E-state index is 10.2. The van der Waals surface area contributed by atoms with Crippen molar-refractivity contribution in [2.75, 3.05) is 7.11 Å². The summed E-state index contributed by atoms with van der Waals surface area (Å²) in [5.74, 6) is -0.354. The minimum atomic E-state index is -0.354. The molecule has 0 spiro atoms. The third-order valence-corrected chi connectivity index (χ3v) is 0.490. The van der Waals surface area contributed by atoms with Gasteiger partial charge in [0.1, 0.15) is 7.11 Å². The van der Waals surface area contributed by atoms with Gasteiger partial charge in [0.2, 0.25) is 5.91 Å². The number of carbonyl (C=O) groups is 1. The van der Waals surface area contributed by atoms with Crippen LogP contribution in [0.3, 0.4) is 0 Å². The third kappa shape index (κ3) is 8.07. The maximum absolute atomic E-state index is 10.2. The molecule has 0 rings (SSSR count). The Morgan fingerprint density at radius 3 is 2.50 bits per heavy atom. The Morgan fingerprint density at radius 2 is 1.92 bits per heavy atom. The third-order valence-electron chi connectivity index (χ3n) is 0.490. The number of hydrogen-bond acceptors (Lipinski definition) is 4. The second-order valence-electron chi connectivity index (χ2n) is 1.39. The molecule has 12 heavy (non-hydrogen) atoms. The maximum Gasteiger partial charge on any atom is 0.238 e. The van der Waals surface area contributed by atoms with Crippen molar-refractivity contribution >= 4 is 5.91 Å². The zero-order valence-corrected chi connectivity index (χ0v) is 6.50. The van der Waals surface area contributed by atoms with E-state index in [4.69, 9.17) is 0 Å². The van der Waals surface area contributed by atoms with Crippen LogP contribution < -0.4 is 5.43 Å². The summed E-state index contributed by atoms with van der Waals surface area (Å²) in [7, 11) is 1.30. The molecule has 0 fully saturated rings. The summed E-state index contributed by atoms with van der Waals surface area (Å²) in [5, 5.41) is 18.1. The van der Waals surface area contributed by atoms with Crippen molar-refractivity contribution in [3.8, 4) is 0 Å². The van der Waals surface area contributed by atoms with E-state index in [1.807, 2.05) is 5.43 Å². The molecule has 0 atom stereocenters. The van der Waals surface area contributed by atoms with Crippen molar-refractivity contribution < 1.29 is 9.63 Å². The van der Waals surface area contributed by atoms with E-state index in [2.05, 4.69) is 36.2 Å². The summed E-state index contributed by atoms with van der Waals surface area (Å²) < 4.78 is 0. The lowest BCUT2D eigenvalue weighted by Gasteiger charge is -1.82. The molecule has 66 valence electrons. The summed E-state index contributed by atoms with van der Waals surface area (Å²) in [4.78, 5) is 14.3. The first-order valence-corrected chi connectivity index (χ1v) is 2.77. The molecule has 0 heterocycles. The molecule has 0 bridgehead atoms. The van der Waals surface area contributed by atoms with Gasteiger partial charge >= 0.3 is 0 Å². The minimum Gasteiger partial charge on any atom is -0.381 e. The van der Waals surface area contributed by atoms with E-state index >= 15 is 0 Å². The van der Waals surface area contributed by atoms with E-state index in [0.717, 1.165) is 0 Å². The van der Waals surface area contributed by atoms with Crippen LogP contribution in [0.25, 0.3) is 0 Å². The predicted octanol–water partition coefficient (Wildman–Crippen LogP) is 0.785. The van der Waals surface area contributed by atoms with Crippen LogP contribution in [-0.2, 0) is 9.63 Å². The van der Waals surface area contributed by atoms with Gasteiger partial charge in [-0.05, 0) is 15.7 Å². The van der Waals surface area contributed by atoms with E-state index in [1.165, 1.54) is 14.0 Å². The number of nitrogens with one attached hydrogen (secondary N) is 1. The normalized spacial score (nSPS) is 11.5. The smallest absolute Gasteiger partial charge is 0.238 e. The molecule has 0 radical (unpaired) electrons. The van der Waals surface area contributed by atoms with E-state index in [-0.39, 0.29) is 5.91 Å². The number of hydrogen-bond donors (Lipinski definition) is 1. The Bertz CT molecular complexity index is 209. The van der Waals surface area contributed by atoms with Crippen LogP contribution in [0, 0.1) is 0 Å². The molecule has 0 aromatic rings. The molecule has 1 N–H and O–H groups in total. The molecule has 0 aromatic heterocycles. The van der Waals surface area contributed by atoms with Gasteiger partial charge in [-0.15, -0.1) is 0 Å². The highest BCUT2D eigenvalue weighted by atomic mass is 16.6. The summed E-state index contributed by atoms with van der Waals surface area (Å²) >= 11 is 0. The molecule has 0 unspecified atom stereocenters. The van der Waals surface area contributed by atoms with Crippen LogP contribution in [0.15, 0.2) is 31.4 Å². The molecule has 1 amide bonds. The van der Waals surface area contributed by atoms with E-state index < -0.39 is 0 Å². The highest BCUT2D eigenvalue weighted by molar-refractivity contribution is 5.72. The molecule has 0 aliphatic rings. The fraction of sp³-hybridized carbons (Fsp3) is 0.667. The zero-order valence-electron chi connectivity index (χ0n) is 6.50. The van der Waals surface area contributed by atoms with Crippen molar-refractivity contribution in [3.05, 3.63) is 0 Å². The Morgan fingerprint density at radius 1 is 1.25 bits per heavy atom. The standard InChI is InChI=1S/C3H7N7O2/c1-3(11)4-5-6-7-8-9-10-12-2/h1-2H3,(H,4,6,8,10,11). The number of rotatable bonds is 4. The van der Waals surface area contributed by atoms with Gasteiger partial charge in [0.25, 0.3) is 0 Å².